The number of nitro benzene ring substituents is 1. The quantitative estimate of drug-likeness (QED) is 0.387. The van der Waals surface area contributed by atoms with Crippen molar-refractivity contribution in [1.29, 1.82) is 0 Å². The Labute approximate surface area is 135 Å². The van der Waals surface area contributed by atoms with Crippen LogP contribution in [0.3, 0.4) is 0 Å². The summed E-state index contributed by atoms with van der Waals surface area (Å²) in [5.74, 6) is 0.718. The van der Waals surface area contributed by atoms with Gasteiger partial charge in [0.25, 0.3) is 5.69 Å². The van der Waals surface area contributed by atoms with E-state index in [0.717, 1.165) is 33.0 Å². The number of benzene rings is 2. The van der Waals surface area contributed by atoms with Gasteiger partial charge in [-0.25, -0.2) is 4.98 Å². The molecular formula is C17H10N2O3S. The lowest BCUT2D eigenvalue weighted by atomic mass is 10.2. The first-order valence-corrected chi connectivity index (χ1v) is 7.78. The molecule has 0 aliphatic heterocycles. The van der Waals surface area contributed by atoms with Crippen molar-refractivity contribution in [2.24, 2.45) is 0 Å². The molecule has 0 aliphatic rings. The van der Waals surface area contributed by atoms with E-state index in [2.05, 4.69) is 4.98 Å². The number of hydrogen-bond acceptors (Lipinski definition) is 5. The third-order valence-electron chi connectivity index (χ3n) is 3.51. The fraction of sp³-hybridized carbons (Fsp3) is 0. The normalized spacial score (nSPS) is 11.0. The van der Waals surface area contributed by atoms with Gasteiger partial charge in [0.1, 0.15) is 16.3 Å². The topological polar surface area (TPSA) is 69.2 Å². The average Bonchev–Trinajstić information content (AvgIpc) is 3.21. The molecule has 4 rings (SSSR count). The van der Waals surface area contributed by atoms with E-state index in [4.69, 9.17) is 4.42 Å². The number of para-hydroxylation sites is 1. The summed E-state index contributed by atoms with van der Waals surface area (Å²) in [6.07, 6.45) is 0. The Morgan fingerprint density at radius 2 is 1.87 bits per heavy atom. The van der Waals surface area contributed by atoms with Gasteiger partial charge in [-0.1, -0.05) is 18.2 Å². The van der Waals surface area contributed by atoms with Crippen LogP contribution in [0.4, 0.5) is 5.69 Å². The molecule has 5 nitrogen and oxygen atoms in total. The molecule has 0 aliphatic carbocycles. The second kappa shape index (κ2) is 5.33. The van der Waals surface area contributed by atoms with Crippen LogP contribution in [0.1, 0.15) is 0 Å². The van der Waals surface area contributed by atoms with Gasteiger partial charge in [-0.2, -0.15) is 0 Å². The molecule has 112 valence electrons. The molecule has 2 heterocycles. The highest BCUT2D eigenvalue weighted by Gasteiger charge is 2.12. The van der Waals surface area contributed by atoms with Crippen molar-refractivity contribution in [2.45, 2.75) is 0 Å². The predicted molar refractivity (Wildman–Crippen MR) is 89.4 cm³/mol. The molecule has 0 radical (unpaired) electrons. The number of non-ortho nitro benzene ring substituents is 1. The second-order valence-corrected chi connectivity index (χ2v) is 5.85. The number of nitrogens with zero attached hydrogens (tertiary/aromatic N) is 2. The molecule has 0 bridgehead atoms. The highest BCUT2D eigenvalue weighted by Crippen LogP contribution is 2.32. The first kappa shape index (κ1) is 13.7. The molecule has 0 spiro atoms. The zero-order valence-corrected chi connectivity index (χ0v) is 12.6. The van der Waals surface area contributed by atoms with Crippen LogP contribution in [0.15, 0.2) is 64.4 Å². The Morgan fingerprint density at radius 3 is 2.61 bits per heavy atom. The van der Waals surface area contributed by atoms with Crippen LogP contribution in [0, 0.1) is 10.1 Å². The molecule has 0 amide bonds. The van der Waals surface area contributed by atoms with Gasteiger partial charge < -0.3 is 4.42 Å². The number of furan rings is 1. The van der Waals surface area contributed by atoms with Crippen LogP contribution in [0.5, 0.6) is 0 Å². The van der Waals surface area contributed by atoms with E-state index in [-0.39, 0.29) is 5.69 Å². The van der Waals surface area contributed by atoms with Gasteiger partial charge in [-0.05, 0) is 24.3 Å². The Balaban J connectivity index is 1.69. The van der Waals surface area contributed by atoms with Crippen molar-refractivity contribution >= 4 is 28.0 Å². The summed E-state index contributed by atoms with van der Waals surface area (Å²) >= 11 is 1.48. The monoisotopic (exact) mass is 322 g/mol. The van der Waals surface area contributed by atoms with E-state index >= 15 is 0 Å². The van der Waals surface area contributed by atoms with E-state index in [1.54, 1.807) is 12.1 Å². The van der Waals surface area contributed by atoms with Crippen LogP contribution < -0.4 is 0 Å². The molecule has 0 fully saturated rings. The largest absolute Gasteiger partial charge is 0.454 e. The first-order valence-electron chi connectivity index (χ1n) is 6.90. The lowest BCUT2D eigenvalue weighted by Gasteiger charge is -1.95. The predicted octanol–water partition coefficient (Wildman–Crippen LogP) is 5.13. The molecular weight excluding hydrogens is 312 g/mol. The van der Waals surface area contributed by atoms with Crippen molar-refractivity contribution in [3.05, 3.63) is 70.1 Å². The van der Waals surface area contributed by atoms with Crippen molar-refractivity contribution in [3.8, 4) is 22.0 Å². The zero-order chi connectivity index (χ0) is 15.8. The van der Waals surface area contributed by atoms with Crippen LogP contribution in [0.25, 0.3) is 33.0 Å². The van der Waals surface area contributed by atoms with Crippen molar-refractivity contribution in [2.75, 3.05) is 0 Å². The molecule has 0 unspecified atom stereocenters. The van der Waals surface area contributed by atoms with Crippen LogP contribution in [-0.4, -0.2) is 9.91 Å². The summed E-state index contributed by atoms with van der Waals surface area (Å²) < 4.78 is 5.81. The number of aromatic nitrogens is 1. The van der Waals surface area contributed by atoms with E-state index in [1.165, 1.54) is 23.5 Å². The molecule has 2 aromatic carbocycles. The highest BCUT2D eigenvalue weighted by molar-refractivity contribution is 7.13. The Hall–Kier alpha value is -2.99. The summed E-state index contributed by atoms with van der Waals surface area (Å²) in [5, 5.41) is 14.5. The lowest BCUT2D eigenvalue weighted by Crippen LogP contribution is -1.87. The number of nitro groups is 1. The SMILES string of the molecule is O=[N+]([O-])c1ccc(-c2nc(-c3cc4ccccc4o3)cs2)cc1. The van der Waals surface area contributed by atoms with E-state index < -0.39 is 4.92 Å². The van der Waals surface area contributed by atoms with Gasteiger partial charge >= 0.3 is 0 Å². The molecule has 4 aromatic rings. The Bertz CT molecular complexity index is 969. The number of fused-ring (bicyclic) bond motifs is 1. The van der Waals surface area contributed by atoms with Crippen LogP contribution in [0.2, 0.25) is 0 Å². The minimum Gasteiger partial charge on any atom is -0.454 e. The maximum Gasteiger partial charge on any atom is 0.269 e. The van der Waals surface area contributed by atoms with E-state index in [9.17, 15) is 10.1 Å². The Morgan fingerprint density at radius 1 is 1.09 bits per heavy atom. The fourth-order valence-electron chi connectivity index (χ4n) is 2.35. The smallest absolute Gasteiger partial charge is 0.269 e. The zero-order valence-electron chi connectivity index (χ0n) is 11.8. The van der Waals surface area contributed by atoms with Gasteiger partial charge in [0.05, 0.1) is 4.92 Å². The number of hydrogen-bond donors (Lipinski definition) is 0. The standard InChI is InChI=1S/C17H10N2O3S/c20-19(21)13-7-5-11(6-8-13)17-18-14(10-23-17)16-9-12-3-1-2-4-15(12)22-16/h1-10H. The lowest BCUT2D eigenvalue weighted by molar-refractivity contribution is -0.384. The maximum atomic E-state index is 10.7. The van der Waals surface area contributed by atoms with Crippen LogP contribution in [-0.2, 0) is 0 Å². The van der Waals surface area contributed by atoms with Gasteiger partial charge in [0.15, 0.2) is 5.76 Å². The van der Waals surface area contributed by atoms with Gasteiger partial charge in [0, 0.05) is 28.5 Å². The van der Waals surface area contributed by atoms with Crippen LogP contribution >= 0.6 is 11.3 Å². The molecule has 0 atom stereocenters. The van der Waals surface area contributed by atoms with E-state index in [1.807, 2.05) is 35.7 Å². The van der Waals surface area contributed by atoms with Crippen molar-refractivity contribution in [1.82, 2.24) is 4.98 Å². The summed E-state index contributed by atoms with van der Waals surface area (Å²) in [6, 6.07) is 16.1. The summed E-state index contributed by atoms with van der Waals surface area (Å²) in [4.78, 5) is 14.9. The second-order valence-electron chi connectivity index (χ2n) is 4.99. The molecule has 2 aromatic heterocycles. The summed E-state index contributed by atoms with van der Waals surface area (Å²) in [5.41, 5.74) is 2.51. The van der Waals surface area contributed by atoms with Gasteiger partial charge in [-0.15, -0.1) is 11.3 Å². The van der Waals surface area contributed by atoms with Gasteiger partial charge in [-0.3, -0.25) is 10.1 Å². The minimum atomic E-state index is -0.411. The van der Waals surface area contributed by atoms with E-state index in [0.29, 0.717) is 0 Å². The number of rotatable bonds is 3. The Kier molecular flexibility index (Phi) is 3.17. The summed E-state index contributed by atoms with van der Waals surface area (Å²) in [6.45, 7) is 0. The molecule has 0 saturated heterocycles. The van der Waals surface area contributed by atoms with Gasteiger partial charge in [0.2, 0.25) is 0 Å². The minimum absolute atomic E-state index is 0.0720. The van der Waals surface area contributed by atoms with Crippen molar-refractivity contribution in [3.63, 3.8) is 0 Å². The molecule has 23 heavy (non-hydrogen) atoms. The fourth-order valence-corrected chi connectivity index (χ4v) is 3.17. The molecule has 0 N–H and O–H groups in total. The molecule has 6 heteroatoms. The van der Waals surface area contributed by atoms with Crippen molar-refractivity contribution < 1.29 is 9.34 Å². The number of thiazole rings is 1. The maximum absolute atomic E-state index is 10.7. The third kappa shape index (κ3) is 2.49. The highest BCUT2D eigenvalue weighted by atomic mass is 32.1. The third-order valence-corrected chi connectivity index (χ3v) is 4.40. The molecule has 0 saturated carbocycles. The first-order chi connectivity index (χ1) is 11.2. The summed E-state index contributed by atoms with van der Waals surface area (Å²) in [7, 11) is 0. The average molecular weight is 322 g/mol.